The summed E-state index contributed by atoms with van der Waals surface area (Å²) in [7, 11) is 1.61. The Labute approximate surface area is 206 Å². The molecule has 5 atom stereocenters. The largest absolute Gasteiger partial charge is 0.368 e. The Morgan fingerprint density at radius 2 is 1.03 bits per heavy atom. The lowest BCUT2D eigenvalue weighted by Crippen LogP contribution is -2.61. The molecule has 0 N–H and O–H groups in total. The number of ether oxygens (including phenoxy) is 5. The second-order valence-corrected chi connectivity index (χ2v) is 8.53. The highest BCUT2D eigenvalue weighted by atomic mass is 35.5. The predicted octanol–water partition coefficient (Wildman–Crippen LogP) is 5.35. The summed E-state index contributed by atoms with van der Waals surface area (Å²) < 4.78 is 31.1. The Balaban J connectivity index is 1.56. The van der Waals surface area contributed by atoms with E-state index in [4.69, 9.17) is 35.3 Å². The molecule has 34 heavy (non-hydrogen) atoms. The van der Waals surface area contributed by atoms with Crippen LogP contribution in [0, 0.1) is 0 Å². The highest BCUT2D eigenvalue weighted by Crippen LogP contribution is 2.31. The van der Waals surface area contributed by atoms with Crippen LogP contribution < -0.4 is 0 Å². The number of hydrogen-bond donors (Lipinski definition) is 0. The Kier molecular flexibility index (Phi) is 9.51. The van der Waals surface area contributed by atoms with Gasteiger partial charge in [0.2, 0.25) is 0 Å². The zero-order valence-electron chi connectivity index (χ0n) is 19.3. The Bertz CT molecular complexity index is 899. The quantitative estimate of drug-likeness (QED) is 0.345. The van der Waals surface area contributed by atoms with Crippen LogP contribution in [0.5, 0.6) is 0 Å². The van der Waals surface area contributed by atoms with Crippen LogP contribution in [0.25, 0.3) is 0 Å². The maximum absolute atomic E-state index is 6.47. The van der Waals surface area contributed by atoms with Crippen molar-refractivity contribution in [3.8, 4) is 0 Å². The summed E-state index contributed by atoms with van der Waals surface area (Å²) in [6.07, 6.45) is -2.43. The van der Waals surface area contributed by atoms with Crippen molar-refractivity contribution in [3.05, 3.63) is 108 Å². The highest BCUT2D eigenvalue weighted by molar-refractivity contribution is 6.18. The molecule has 3 aromatic carbocycles. The van der Waals surface area contributed by atoms with Crippen molar-refractivity contribution in [2.24, 2.45) is 0 Å². The van der Waals surface area contributed by atoms with Crippen molar-refractivity contribution in [1.29, 1.82) is 0 Å². The molecule has 0 amide bonds. The molecule has 1 saturated heterocycles. The number of halogens is 1. The molecule has 5 nitrogen and oxygen atoms in total. The summed E-state index contributed by atoms with van der Waals surface area (Å²) in [5, 5.41) is 0. The van der Waals surface area contributed by atoms with Crippen LogP contribution in [0.2, 0.25) is 0 Å². The third-order valence-electron chi connectivity index (χ3n) is 5.83. The molecular formula is C28H31ClO5. The van der Waals surface area contributed by atoms with Gasteiger partial charge in [-0.2, -0.15) is 0 Å². The van der Waals surface area contributed by atoms with E-state index in [1.54, 1.807) is 7.11 Å². The van der Waals surface area contributed by atoms with Gasteiger partial charge in [0.25, 0.3) is 0 Å². The van der Waals surface area contributed by atoms with E-state index in [0.717, 1.165) is 16.7 Å². The third kappa shape index (κ3) is 6.66. The molecule has 1 aliphatic rings. The number of benzene rings is 3. The first-order valence-electron chi connectivity index (χ1n) is 11.5. The van der Waals surface area contributed by atoms with Gasteiger partial charge in [-0.25, -0.2) is 0 Å². The molecule has 180 valence electrons. The van der Waals surface area contributed by atoms with E-state index in [1.165, 1.54) is 0 Å². The Hall–Kier alpha value is -2.25. The minimum atomic E-state index is -0.634. The molecule has 4 rings (SSSR count). The minimum Gasteiger partial charge on any atom is -0.368 e. The molecule has 1 heterocycles. The first-order valence-corrected chi connectivity index (χ1v) is 12.0. The van der Waals surface area contributed by atoms with Crippen LogP contribution in [0.1, 0.15) is 16.7 Å². The second kappa shape index (κ2) is 13.0. The van der Waals surface area contributed by atoms with E-state index in [1.807, 2.05) is 91.0 Å². The zero-order valence-corrected chi connectivity index (χ0v) is 20.1. The van der Waals surface area contributed by atoms with Crippen LogP contribution in [0.4, 0.5) is 0 Å². The molecule has 0 bridgehead atoms. The summed E-state index contributed by atoms with van der Waals surface area (Å²) in [5.74, 6) is 0.246. The van der Waals surface area contributed by atoms with Crippen molar-refractivity contribution in [2.75, 3.05) is 13.0 Å². The number of alkyl halides is 1. The monoisotopic (exact) mass is 482 g/mol. The molecular weight excluding hydrogens is 452 g/mol. The fourth-order valence-electron chi connectivity index (χ4n) is 4.06. The Morgan fingerprint density at radius 3 is 1.44 bits per heavy atom. The highest BCUT2D eigenvalue weighted by Gasteiger charge is 2.48. The molecule has 0 aromatic heterocycles. The zero-order chi connectivity index (χ0) is 23.6. The maximum Gasteiger partial charge on any atom is 0.186 e. The van der Waals surface area contributed by atoms with Gasteiger partial charge in [-0.15, -0.1) is 11.6 Å². The third-order valence-corrected chi connectivity index (χ3v) is 6.14. The van der Waals surface area contributed by atoms with Crippen molar-refractivity contribution < 1.29 is 23.7 Å². The molecule has 6 heteroatoms. The van der Waals surface area contributed by atoms with Crippen LogP contribution in [0.3, 0.4) is 0 Å². The van der Waals surface area contributed by atoms with E-state index < -0.39 is 30.7 Å². The molecule has 3 aromatic rings. The predicted molar refractivity (Wildman–Crippen MR) is 131 cm³/mol. The summed E-state index contributed by atoms with van der Waals surface area (Å²) in [5.41, 5.74) is 3.18. The molecule has 1 fully saturated rings. The van der Waals surface area contributed by atoms with Crippen LogP contribution in [-0.2, 0) is 43.5 Å². The number of methoxy groups -OCH3 is 1. The van der Waals surface area contributed by atoms with E-state index in [0.29, 0.717) is 19.8 Å². The van der Waals surface area contributed by atoms with Gasteiger partial charge in [-0.05, 0) is 16.7 Å². The lowest BCUT2D eigenvalue weighted by Gasteiger charge is -2.45. The van der Waals surface area contributed by atoms with Gasteiger partial charge in [0, 0.05) is 7.11 Å². The smallest absolute Gasteiger partial charge is 0.186 e. The average molecular weight is 483 g/mol. The molecule has 0 aliphatic carbocycles. The fraction of sp³-hybridized carbons (Fsp3) is 0.357. The van der Waals surface area contributed by atoms with Crippen LogP contribution >= 0.6 is 11.6 Å². The van der Waals surface area contributed by atoms with Gasteiger partial charge < -0.3 is 23.7 Å². The van der Waals surface area contributed by atoms with E-state index in [-0.39, 0.29) is 5.88 Å². The SMILES string of the molecule is CO[C@H]1O[C@H](CCl)[C@@H](OCc2ccccc2)[C@H](OCc2ccccc2)[C@H]1OCc1ccccc1. The normalized spacial score (nSPS) is 24.7. The van der Waals surface area contributed by atoms with Gasteiger partial charge in [-0.3, -0.25) is 0 Å². The van der Waals surface area contributed by atoms with Crippen molar-refractivity contribution >= 4 is 11.6 Å². The maximum atomic E-state index is 6.47. The van der Waals surface area contributed by atoms with Gasteiger partial charge in [0.1, 0.15) is 24.4 Å². The van der Waals surface area contributed by atoms with Crippen molar-refractivity contribution in [3.63, 3.8) is 0 Å². The summed E-state index contributed by atoms with van der Waals surface area (Å²) >= 11 is 6.33. The van der Waals surface area contributed by atoms with Gasteiger partial charge in [0.15, 0.2) is 6.29 Å². The van der Waals surface area contributed by atoms with Crippen LogP contribution in [0.15, 0.2) is 91.0 Å². The number of hydrogen-bond acceptors (Lipinski definition) is 5. The number of rotatable bonds is 11. The Morgan fingerprint density at radius 1 is 0.618 bits per heavy atom. The van der Waals surface area contributed by atoms with E-state index in [9.17, 15) is 0 Å². The molecule has 0 unspecified atom stereocenters. The standard InChI is InChI=1S/C28H31ClO5/c1-30-28-27(33-20-23-15-9-4-10-16-23)26(32-19-22-13-7-3-8-14-22)25(24(17-29)34-28)31-18-21-11-5-2-6-12-21/h2-16,24-28H,17-20H2,1H3/t24-,25-,26+,27-,28+/m1/s1. The summed E-state index contributed by atoms with van der Waals surface area (Å²) in [4.78, 5) is 0. The van der Waals surface area contributed by atoms with E-state index >= 15 is 0 Å². The topological polar surface area (TPSA) is 46.2 Å². The summed E-state index contributed by atoms with van der Waals surface area (Å²) in [6, 6.07) is 30.1. The minimum absolute atomic E-state index is 0.246. The molecule has 0 spiro atoms. The van der Waals surface area contributed by atoms with Crippen molar-refractivity contribution in [1.82, 2.24) is 0 Å². The van der Waals surface area contributed by atoms with E-state index in [2.05, 4.69) is 0 Å². The molecule has 1 aliphatic heterocycles. The van der Waals surface area contributed by atoms with Gasteiger partial charge in [0.05, 0.1) is 25.7 Å². The second-order valence-electron chi connectivity index (χ2n) is 8.22. The average Bonchev–Trinajstić information content (AvgIpc) is 2.91. The van der Waals surface area contributed by atoms with Gasteiger partial charge in [-0.1, -0.05) is 91.0 Å². The lowest BCUT2D eigenvalue weighted by molar-refractivity contribution is -0.313. The summed E-state index contributed by atoms with van der Waals surface area (Å²) in [6.45, 7) is 1.22. The lowest BCUT2D eigenvalue weighted by atomic mass is 9.98. The molecule has 0 saturated carbocycles. The first kappa shape index (κ1) is 24.9. The first-order chi connectivity index (χ1) is 16.8. The van der Waals surface area contributed by atoms with Crippen molar-refractivity contribution in [2.45, 2.75) is 50.5 Å². The van der Waals surface area contributed by atoms with Crippen LogP contribution in [-0.4, -0.2) is 43.7 Å². The fourth-order valence-corrected chi connectivity index (χ4v) is 4.31. The molecule has 0 radical (unpaired) electrons. The van der Waals surface area contributed by atoms with Gasteiger partial charge >= 0.3 is 0 Å².